The standard InChI is InChI=1S/C17H19N3O4S.Na/c1-10-7-12(17(2,3)4)16(21)15(8-10)20-18-13-6-5-11(25(22,23)24)9-14(13)19-20;/h5-9,21H,1-4H3,(H,22,23,24);/q;+1/p-1. The van der Waals surface area contributed by atoms with Gasteiger partial charge in [-0.3, -0.25) is 0 Å². The Labute approximate surface area is 174 Å². The maximum Gasteiger partial charge on any atom is 1.00 e. The minimum atomic E-state index is -4.57. The van der Waals surface area contributed by atoms with Crippen molar-refractivity contribution in [1.82, 2.24) is 15.0 Å². The van der Waals surface area contributed by atoms with Crippen molar-refractivity contribution >= 4 is 21.2 Å². The summed E-state index contributed by atoms with van der Waals surface area (Å²) in [5.74, 6) is 0.0649. The molecule has 3 aromatic rings. The van der Waals surface area contributed by atoms with E-state index in [4.69, 9.17) is 0 Å². The van der Waals surface area contributed by atoms with Crippen LogP contribution in [-0.2, 0) is 15.5 Å². The molecule has 0 aliphatic carbocycles. The summed E-state index contributed by atoms with van der Waals surface area (Å²) < 4.78 is 33.5. The van der Waals surface area contributed by atoms with Gasteiger partial charge in [-0.15, -0.1) is 15.0 Å². The van der Waals surface area contributed by atoms with Gasteiger partial charge in [0, 0.05) is 5.56 Å². The molecule has 7 nitrogen and oxygen atoms in total. The summed E-state index contributed by atoms with van der Waals surface area (Å²) in [6.07, 6.45) is 0. The van der Waals surface area contributed by atoms with Crippen LogP contribution >= 0.6 is 0 Å². The molecule has 9 heteroatoms. The summed E-state index contributed by atoms with van der Waals surface area (Å²) >= 11 is 0. The summed E-state index contributed by atoms with van der Waals surface area (Å²) in [5, 5.41) is 19.2. The van der Waals surface area contributed by atoms with Crippen LogP contribution in [0.1, 0.15) is 31.9 Å². The first-order valence-corrected chi connectivity index (χ1v) is 9.05. The van der Waals surface area contributed by atoms with Gasteiger partial charge in [0.15, 0.2) is 0 Å². The van der Waals surface area contributed by atoms with Gasteiger partial charge in [-0.1, -0.05) is 26.8 Å². The predicted molar refractivity (Wildman–Crippen MR) is 91.9 cm³/mol. The molecular formula is C17H18N3NaO4S. The Balaban J connectivity index is 0.00000243. The second-order valence-corrected chi connectivity index (χ2v) is 8.40. The Morgan fingerprint density at radius 3 is 2.27 bits per heavy atom. The molecule has 0 bridgehead atoms. The molecule has 132 valence electrons. The second-order valence-electron chi connectivity index (χ2n) is 7.02. The van der Waals surface area contributed by atoms with E-state index in [1.54, 1.807) is 6.07 Å². The molecule has 1 heterocycles. The fourth-order valence-corrected chi connectivity index (χ4v) is 3.13. The number of hydrogen-bond donors (Lipinski definition) is 1. The molecule has 0 amide bonds. The fourth-order valence-electron chi connectivity index (χ4n) is 2.64. The van der Waals surface area contributed by atoms with Crippen molar-refractivity contribution in [3.63, 3.8) is 0 Å². The first-order valence-electron chi connectivity index (χ1n) is 7.64. The van der Waals surface area contributed by atoms with E-state index < -0.39 is 10.1 Å². The maximum atomic E-state index is 11.2. The SMILES string of the molecule is Cc1cc(-n2nc3ccc(S(=O)(=O)[O-])cc3n2)c(O)c(C(C)(C)C)c1.[Na+]. The third-order valence-corrected chi connectivity index (χ3v) is 4.73. The number of rotatable bonds is 2. The van der Waals surface area contributed by atoms with Crippen molar-refractivity contribution in [2.45, 2.75) is 38.0 Å². The third-order valence-electron chi connectivity index (χ3n) is 3.90. The van der Waals surface area contributed by atoms with E-state index in [0.717, 1.165) is 11.1 Å². The Morgan fingerprint density at radius 2 is 1.69 bits per heavy atom. The van der Waals surface area contributed by atoms with E-state index in [1.165, 1.54) is 23.0 Å². The maximum absolute atomic E-state index is 11.2. The molecule has 26 heavy (non-hydrogen) atoms. The molecule has 0 fully saturated rings. The predicted octanol–water partition coefficient (Wildman–Crippen LogP) is -0.360. The van der Waals surface area contributed by atoms with Gasteiger partial charge in [-0.2, -0.15) is 0 Å². The summed E-state index contributed by atoms with van der Waals surface area (Å²) in [6, 6.07) is 7.44. The Morgan fingerprint density at radius 1 is 1.08 bits per heavy atom. The number of nitrogens with zero attached hydrogens (tertiary/aromatic N) is 3. The van der Waals surface area contributed by atoms with Crippen molar-refractivity contribution in [3.8, 4) is 11.4 Å². The summed E-state index contributed by atoms with van der Waals surface area (Å²) in [6.45, 7) is 7.88. The van der Waals surface area contributed by atoms with E-state index >= 15 is 0 Å². The van der Waals surface area contributed by atoms with Crippen molar-refractivity contribution < 1.29 is 47.6 Å². The summed E-state index contributed by atoms with van der Waals surface area (Å²) in [4.78, 5) is 0.889. The topological polar surface area (TPSA) is 108 Å². The molecule has 0 spiro atoms. The van der Waals surface area contributed by atoms with Crippen molar-refractivity contribution in [3.05, 3.63) is 41.5 Å². The molecular weight excluding hydrogens is 365 g/mol. The molecule has 0 saturated carbocycles. The van der Waals surface area contributed by atoms with Crippen LogP contribution < -0.4 is 29.6 Å². The van der Waals surface area contributed by atoms with Crippen LogP contribution in [0.25, 0.3) is 16.7 Å². The van der Waals surface area contributed by atoms with Gasteiger partial charge in [0.2, 0.25) is 0 Å². The van der Waals surface area contributed by atoms with Crippen LogP contribution in [-0.4, -0.2) is 33.1 Å². The van der Waals surface area contributed by atoms with Crippen molar-refractivity contribution in [2.75, 3.05) is 0 Å². The van der Waals surface area contributed by atoms with Crippen LogP contribution in [0.5, 0.6) is 5.75 Å². The zero-order valence-electron chi connectivity index (χ0n) is 15.3. The number of aryl methyl sites for hydroxylation is 1. The largest absolute Gasteiger partial charge is 1.00 e. The first-order chi connectivity index (χ1) is 11.5. The average molecular weight is 383 g/mol. The van der Waals surface area contributed by atoms with Crippen LogP contribution in [0.2, 0.25) is 0 Å². The number of aromatic nitrogens is 3. The average Bonchev–Trinajstić information content (AvgIpc) is 2.90. The normalized spacial score (nSPS) is 12.2. The molecule has 0 atom stereocenters. The fraction of sp³-hybridized carbons (Fsp3) is 0.294. The first kappa shape index (κ1) is 20.9. The van der Waals surface area contributed by atoms with E-state index in [2.05, 4.69) is 10.2 Å². The van der Waals surface area contributed by atoms with Crippen LogP contribution in [0.4, 0.5) is 0 Å². The van der Waals surface area contributed by atoms with E-state index in [0.29, 0.717) is 11.2 Å². The minimum absolute atomic E-state index is 0. The number of aromatic hydroxyl groups is 1. The molecule has 0 aliphatic heterocycles. The Kier molecular flexibility index (Phi) is 5.56. The zero-order valence-corrected chi connectivity index (χ0v) is 18.1. The van der Waals surface area contributed by atoms with Gasteiger partial charge < -0.3 is 9.66 Å². The molecule has 1 aromatic heterocycles. The molecule has 1 N–H and O–H groups in total. The van der Waals surface area contributed by atoms with Gasteiger partial charge in [0.1, 0.15) is 32.6 Å². The van der Waals surface area contributed by atoms with Crippen molar-refractivity contribution in [1.29, 1.82) is 0 Å². The monoisotopic (exact) mass is 383 g/mol. The number of benzene rings is 2. The van der Waals surface area contributed by atoms with Gasteiger partial charge >= 0.3 is 29.6 Å². The zero-order chi connectivity index (χ0) is 18.6. The quantitative estimate of drug-likeness (QED) is 0.478. The van der Waals surface area contributed by atoms with Gasteiger partial charge in [-0.25, -0.2) is 8.42 Å². The molecule has 2 aromatic carbocycles. The van der Waals surface area contributed by atoms with Gasteiger partial charge in [-0.05, 0) is 42.2 Å². The van der Waals surface area contributed by atoms with E-state index in [1.807, 2.05) is 33.8 Å². The number of phenolic OH excluding ortho intramolecular Hbond substituents is 1. The summed E-state index contributed by atoms with van der Waals surface area (Å²) in [5.41, 5.74) is 2.49. The van der Waals surface area contributed by atoms with Crippen molar-refractivity contribution in [2.24, 2.45) is 0 Å². The van der Waals surface area contributed by atoms with Crippen LogP contribution in [0, 0.1) is 6.92 Å². The molecule has 0 saturated heterocycles. The minimum Gasteiger partial charge on any atom is -0.744 e. The Bertz CT molecular complexity index is 1090. The second kappa shape index (κ2) is 6.94. The smallest absolute Gasteiger partial charge is 0.744 e. The molecule has 0 aliphatic rings. The van der Waals surface area contributed by atoms with E-state index in [9.17, 15) is 18.1 Å². The van der Waals surface area contributed by atoms with E-state index in [-0.39, 0.29) is 51.1 Å². The summed E-state index contributed by atoms with van der Waals surface area (Å²) in [7, 11) is -4.57. The van der Waals surface area contributed by atoms with Crippen LogP contribution in [0.15, 0.2) is 35.2 Å². The number of fused-ring (bicyclic) bond motifs is 1. The van der Waals surface area contributed by atoms with Crippen LogP contribution in [0.3, 0.4) is 0 Å². The molecule has 0 radical (unpaired) electrons. The molecule has 0 unspecified atom stereocenters. The Hall–Kier alpha value is -1.45. The van der Waals surface area contributed by atoms with Gasteiger partial charge in [0.25, 0.3) is 0 Å². The van der Waals surface area contributed by atoms with Gasteiger partial charge in [0.05, 0.1) is 4.90 Å². The third kappa shape index (κ3) is 3.94. The number of phenols is 1. The number of hydrogen-bond acceptors (Lipinski definition) is 6. The molecule has 3 rings (SSSR count).